The van der Waals surface area contributed by atoms with Crippen molar-refractivity contribution in [3.8, 4) is 0 Å². The second-order valence-electron chi connectivity index (χ2n) is 5.87. The summed E-state index contributed by atoms with van der Waals surface area (Å²) in [6.07, 6.45) is 3.58. The van der Waals surface area contributed by atoms with Gasteiger partial charge in [-0.2, -0.15) is 0 Å². The molecule has 0 heterocycles. The molecule has 1 saturated carbocycles. The second kappa shape index (κ2) is 6.53. The minimum atomic E-state index is -0.715. The van der Waals surface area contributed by atoms with E-state index in [1.54, 1.807) is 7.05 Å². The Bertz CT molecular complexity index is 281. The van der Waals surface area contributed by atoms with Crippen molar-refractivity contribution >= 4 is 5.97 Å². The van der Waals surface area contributed by atoms with Gasteiger partial charge >= 0.3 is 5.97 Å². The number of hydrogen-bond donors (Lipinski definition) is 2. The molecular weight excluding hydrogens is 228 g/mol. The molecule has 0 spiro atoms. The molecule has 0 radical (unpaired) electrons. The van der Waals surface area contributed by atoms with Gasteiger partial charge in [0.1, 0.15) is 5.54 Å². The molecule has 1 aliphatic carbocycles. The van der Waals surface area contributed by atoms with Crippen molar-refractivity contribution in [3.63, 3.8) is 0 Å². The first-order valence-electron chi connectivity index (χ1n) is 7.11. The van der Waals surface area contributed by atoms with Crippen LogP contribution in [0, 0.1) is 5.92 Å². The first kappa shape index (κ1) is 15.4. The standard InChI is InChI=1S/C14H28N2O2/c1-5-16(10-11(2)3)12-7-6-8-14(9-12,15-4)13(17)18/h11-12,15H,5-10H2,1-4H3,(H,17,18). The molecule has 0 aromatic carbocycles. The molecule has 2 unspecified atom stereocenters. The van der Waals surface area contributed by atoms with Crippen LogP contribution in [0.1, 0.15) is 46.5 Å². The van der Waals surface area contributed by atoms with Gasteiger partial charge in [0.05, 0.1) is 0 Å². The van der Waals surface area contributed by atoms with Gasteiger partial charge in [-0.1, -0.05) is 20.8 Å². The summed E-state index contributed by atoms with van der Waals surface area (Å²) in [5.74, 6) is -0.0732. The minimum Gasteiger partial charge on any atom is -0.480 e. The largest absolute Gasteiger partial charge is 0.480 e. The number of likely N-dealkylation sites (N-methyl/N-ethyl adjacent to an activating group) is 1. The third-order valence-electron chi connectivity index (χ3n) is 4.14. The van der Waals surface area contributed by atoms with E-state index in [1.165, 1.54) is 0 Å². The smallest absolute Gasteiger partial charge is 0.323 e. The number of carboxylic acid groups (broad SMARTS) is 1. The van der Waals surface area contributed by atoms with Crippen molar-refractivity contribution in [3.05, 3.63) is 0 Å². The lowest BCUT2D eigenvalue weighted by atomic mass is 9.78. The van der Waals surface area contributed by atoms with Crippen molar-refractivity contribution < 1.29 is 9.90 Å². The summed E-state index contributed by atoms with van der Waals surface area (Å²) in [5, 5.41) is 12.5. The van der Waals surface area contributed by atoms with Crippen LogP contribution in [-0.2, 0) is 4.79 Å². The molecule has 0 saturated heterocycles. The number of nitrogens with one attached hydrogen (secondary N) is 1. The molecule has 18 heavy (non-hydrogen) atoms. The average Bonchev–Trinajstić information content (AvgIpc) is 2.35. The molecule has 1 rings (SSSR count). The molecule has 0 aliphatic heterocycles. The molecule has 1 aliphatic rings. The summed E-state index contributed by atoms with van der Waals surface area (Å²) in [4.78, 5) is 13.9. The van der Waals surface area contributed by atoms with Crippen LogP contribution in [0.4, 0.5) is 0 Å². The van der Waals surface area contributed by atoms with Crippen molar-refractivity contribution in [1.29, 1.82) is 0 Å². The predicted octanol–water partition coefficient (Wildman–Crippen LogP) is 1.95. The van der Waals surface area contributed by atoms with E-state index in [0.29, 0.717) is 12.0 Å². The quantitative estimate of drug-likeness (QED) is 0.762. The fourth-order valence-corrected chi connectivity index (χ4v) is 3.09. The lowest BCUT2D eigenvalue weighted by Crippen LogP contribution is -2.57. The number of carboxylic acids is 1. The fourth-order valence-electron chi connectivity index (χ4n) is 3.09. The summed E-state index contributed by atoms with van der Waals surface area (Å²) in [6.45, 7) is 8.66. The topological polar surface area (TPSA) is 52.6 Å². The van der Waals surface area contributed by atoms with E-state index in [2.05, 4.69) is 31.0 Å². The Hall–Kier alpha value is -0.610. The van der Waals surface area contributed by atoms with Crippen molar-refractivity contribution in [2.45, 2.75) is 58.0 Å². The SMILES string of the molecule is CCN(CC(C)C)C1CCCC(NC)(C(=O)O)C1. The summed E-state index contributed by atoms with van der Waals surface area (Å²) < 4.78 is 0. The molecule has 2 atom stereocenters. The third kappa shape index (κ3) is 3.45. The maximum atomic E-state index is 11.5. The lowest BCUT2D eigenvalue weighted by molar-refractivity contribution is -0.147. The van der Waals surface area contributed by atoms with Gasteiger partial charge in [-0.3, -0.25) is 4.79 Å². The fraction of sp³-hybridized carbons (Fsp3) is 0.929. The molecule has 2 N–H and O–H groups in total. The van der Waals surface area contributed by atoms with Crippen LogP contribution in [0.5, 0.6) is 0 Å². The highest BCUT2D eigenvalue weighted by atomic mass is 16.4. The molecule has 0 aromatic rings. The highest BCUT2D eigenvalue weighted by molar-refractivity contribution is 5.79. The molecular formula is C14H28N2O2. The lowest BCUT2D eigenvalue weighted by Gasteiger charge is -2.42. The van der Waals surface area contributed by atoms with E-state index < -0.39 is 11.5 Å². The Morgan fingerprint density at radius 1 is 1.56 bits per heavy atom. The Labute approximate surface area is 111 Å². The maximum Gasteiger partial charge on any atom is 0.323 e. The van der Waals surface area contributed by atoms with E-state index in [0.717, 1.165) is 38.8 Å². The molecule has 4 heteroatoms. The average molecular weight is 256 g/mol. The van der Waals surface area contributed by atoms with Gasteiger partial charge < -0.3 is 15.3 Å². The van der Waals surface area contributed by atoms with Crippen LogP contribution in [0.3, 0.4) is 0 Å². The van der Waals surface area contributed by atoms with Crippen molar-refractivity contribution in [2.24, 2.45) is 5.92 Å². The van der Waals surface area contributed by atoms with Crippen LogP contribution in [0.2, 0.25) is 0 Å². The number of carbonyl (C=O) groups is 1. The Morgan fingerprint density at radius 3 is 2.67 bits per heavy atom. The van der Waals surface area contributed by atoms with E-state index in [4.69, 9.17) is 0 Å². The number of nitrogens with zero attached hydrogens (tertiary/aromatic N) is 1. The van der Waals surface area contributed by atoms with Crippen LogP contribution in [0.15, 0.2) is 0 Å². The van der Waals surface area contributed by atoms with Gasteiger partial charge in [-0.05, 0) is 45.2 Å². The number of rotatable bonds is 6. The summed E-state index contributed by atoms with van der Waals surface area (Å²) >= 11 is 0. The monoisotopic (exact) mass is 256 g/mol. The van der Waals surface area contributed by atoms with Gasteiger partial charge in [-0.15, -0.1) is 0 Å². The summed E-state index contributed by atoms with van der Waals surface area (Å²) in [5.41, 5.74) is -0.715. The molecule has 0 amide bonds. The highest BCUT2D eigenvalue weighted by Gasteiger charge is 2.42. The summed E-state index contributed by atoms with van der Waals surface area (Å²) in [6, 6.07) is 0.398. The minimum absolute atomic E-state index is 0.398. The van der Waals surface area contributed by atoms with E-state index in [-0.39, 0.29) is 0 Å². The molecule has 0 bridgehead atoms. The van der Waals surface area contributed by atoms with Crippen molar-refractivity contribution in [2.75, 3.05) is 20.1 Å². The molecule has 106 valence electrons. The van der Waals surface area contributed by atoms with E-state index in [1.807, 2.05) is 0 Å². The zero-order valence-electron chi connectivity index (χ0n) is 12.2. The molecule has 4 nitrogen and oxygen atoms in total. The van der Waals surface area contributed by atoms with E-state index >= 15 is 0 Å². The first-order chi connectivity index (χ1) is 8.45. The molecule has 0 aromatic heterocycles. The van der Waals surface area contributed by atoms with Gasteiger partial charge in [0, 0.05) is 12.6 Å². The zero-order valence-corrected chi connectivity index (χ0v) is 12.2. The van der Waals surface area contributed by atoms with Crippen LogP contribution < -0.4 is 5.32 Å². The van der Waals surface area contributed by atoms with Crippen molar-refractivity contribution in [1.82, 2.24) is 10.2 Å². The van der Waals surface area contributed by atoms with Gasteiger partial charge in [0.15, 0.2) is 0 Å². The third-order valence-corrected chi connectivity index (χ3v) is 4.14. The highest BCUT2D eigenvalue weighted by Crippen LogP contribution is 2.31. The predicted molar refractivity (Wildman–Crippen MR) is 73.8 cm³/mol. The van der Waals surface area contributed by atoms with E-state index in [9.17, 15) is 9.90 Å². The van der Waals surface area contributed by atoms with Crippen LogP contribution in [-0.4, -0.2) is 47.7 Å². The Kier molecular flexibility index (Phi) is 5.60. The normalized spacial score (nSPS) is 28.9. The van der Waals surface area contributed by atoms with Gasteiger partial charge in [-0.25, -0.2) is 0 Å². The molecule has 1 fully saturated rings. The van der Waals surface area contributed by atoms with Gasteiger partial charge in [0.2, 0.25) is 0 Å². The Morgan fingerprint density at radius 2 is 2.22 bits per heavy atom. The van der Waals surface area contributed by atoms with Crippen LogP contribution >= 0.6 is 0 Å². The maximum absolute atomic E-state index is 11.5. The number of aliphatic carboxylic acids is 1. The zero-order chi connectivity index (χ0) is 13.8. The van der Waals surface area contributed by atoms with Gasteiger partial charge in [0.25, 0.3) is 0 Å². The van der Waals surface area contributed by atoms with Crippen LogP contribution in [0.25, 0.3) is 0 Å². The Balaban J connectivity index is 2.75. The summed E-state index contributed by atoms with van der Waals surface area (Å²) in [7, 11) is 1.77. The number of hydrogen-bond acceptors (Lipinski definition) is 3. The first-order valence-corrected chi connectivity index (χ1v) is 7.11. The second-order valence-corrected chi connectivity index (χ2v) is 5.87.